The first kappa shape index (κ1) is 20.7. The predicted octanol–water partition coefficient (Wildman–Crippen LogP) is 3.12. The van der Waals surface area contributed by atoms with Gasteiger partial charge in [0.05, 0.1) is 25.2 Å². The maximum atomic E-state index is 13.2. The molecule has 0 bridgehead atoms. The SMILES string of the molecule is COc1ccc(OC)c(C2CCCN2C(=O)c2ccc(S(=O)(=O)NC3CC3)cc2)c1. The molecule has 0 aromatic heterocycles. The first-order valence-corrected chi connectivity index (χ1v) is 11.6. The lowest BCUT2D eigenvalue weighted by molar-refractivity contribution is 0.0734. The van der Waals surface area contributed by atoms with Gasteiger partial charge in [0.2, 0.25) is 10.0 Å². The molecule has 2 aromatic carbocycles. The van der Waals surface area contributed by atoms with Crippen LogP contribution < -0.4 is 14.2 Å². The number of hydrogen-bond acceptors (Lipinski definition) is 5. The van der Waals surface area contributed by atoms with Crippen molar-refractivity contribution in [1.29, 1.82) is 0 Å². The van der Waals surface area contributed by atoms with Crippen LogP contribution in [0, 0.1) is 0 Å². The van der Waals surface area contributed by atoms with Gasteiger partial charge in [0.1, 0.15) is 11.5 Å². The molecule has 1 saturated heterocycles. The quantitative estimate of drug-likeness (QED) is 0.730. The van der Waals surface area contributed by atoms with E-state index in [-0.39, 0.29) is 22.9 Å². The minimum atomic E-state index is -3.53. The van der Waals surface area contributed by atoms with Crippen molar-refractivity contribution >= 4 is 15.9 Å². The first-order valence-electron chi connectivity index (χ1n) is 10.1. The number of rotatable bonds is 7. The molecule has 160 valence electrons. The van der Waals surface area contributed by atoms with Crippen molar-refractivity contribution < 1.29 is 22.7 Å². The lowest BCUT2D eigenvalue weighted by atomic mass is 10.0. The zero-order valence-corrected chi connectivity index (χ0v) is 17.9. The molecule has 1 atom stereocenters. The Kier molecular flexibility index (Phi) is 5.71. The van der Waals surface area contributed by atoms with Crippen LogP contribution in [-0.2, 0) is 10.0 Å². The third kappa shape index (κ3) is 4.15. The third-order valence-corrected chi connectivity index (χ3v) is 7.16. The number of amides is 1. The Morgan fingerprint density at radius 2 is 1.77 bits per heavy atom. The highest BCUT2D eigenvalue weighted by molar-refractivity contribution is 7.89. The van der Waals surface area contributed by atoms with Crippen LogP contribution in [0.4, 0.5) is 0 Å². The zero-order valence-electron chi connectivity index (χ0n) is 17.1. The summed E-state index contributed by atoms with van der Waals surface area (Å²) in [5, 5.41) is 0. The molecule has 1 amide bonds. The van der Waals surface area contributed by atoms with Crippen molar-refractivity contribution in [1.82, 2.24) is 9.62 Å². The molecule has 2 fully saturated rings. The lowest BCUT2D eigenvalue weighted by Crippen LogP contribution is -2.31. The molecule has 8 heteroatoms. The van der Waals surface area contributed by atoms with Crippen molar-refractivity contribution in [2.45, 2.75) is 42.7 Å². The van der Waals surface area contributed by atoms with Crippen molar-refractivity contribution in [3.05, 3.63) is 53.6 Å². The van der Waals surface area contributed by atoms with Crippen LogP contribution in [0.15, 0.2) is 47.4 Å². The van der Waals surface area contributed by atoms with Crippen LogP contribution in [-0.4, -0.2) is 46.0 Å². The number of sulfonamides is 1. The second kappa shape index (κ2) is 8.28. The number of hydrogen-bond donors (Lipinski definition) is 1. The van der Waals surface area contributed by atoms with Gasteiger partial charge in [0.25, 0.3) is 5.91 Å². The maximum absolute atomic E-state index is 13.2. The second-order valence-electron chi connectivity index (χ2n) is 7.68. The number of ether oxygens (including phenoxy) is 2. The van der Waals surface area contributed by atoms with Crippen molar-refractivity contribution in [2.24, 2.45) is 0 Å². The monoisotopic (exact) mass is 430 g/mol. The normalized spacial score (nSPS) is 19.0. The molecule has 30 heavy (non-hydrogen) atoms. The van der Waals surface area contributed by atoms with Gasteiger partial charge in [-0.05, 0) is 68.1 Å². The van der Waals surface area contributed by atoms with E-state index < -0.39 is 10.0 Å². The molecule has 1 unspecified atom stereocenters. The fourth-order valence-electron chi connectivity index (χ4n) is 3.86. The lowest BCUT2D eigenvalue weighted by Gasteiger charge is -2.27. The standard InChI is InChI=1S/C22H26N2O5S/c1-28-17-9-12-21(29-2)19(14-17)20-4-3-13-24(20)22(25)15-5-10-18(11-6-15)30(26,27)23-16-7-8-16/h5-6,9-12,14,16,20,23H,3-4,7-8,13H2,1-2H3. The summed E-state index contributed by atoms with van der Waals surface area (Å²) in [6, 6.07) is 11.7. The summed E-state index contributed by atoms with van der Waals surface area (Å²) in [5.41, 5.74) is 1.38. The van der Waals surface area contributed by atoms with Crippen LogP contribution >= 0.6 is 0 Å². The molecule has 1 N–H and O–H groups in total. The summed E-state index contributed by atoms with van der Waals surface area (Å²) < 4.78 is 38.2. The summed E-state index contributed by atoms with van der Waals surface area (Å²) in [6.07, 6.45) is 3.46. The number of carbonyl (C=O) groups excluding carboxylic acids is 1. The van der Waals surface area contributed by atoms with Gasteiger partial charge in [0, 0.05) is 23.7 Å². The smallest absolute Gasteiger partial charge is 0.254 e. The van der Waals surface area contributed by atoms with Gasteiger partial charge >= 0.3 is 0 Å². The van der Waals surface area contributed by atoms with E-state index in [1.54, 1.807) is 26.4 Å². The van der Waals surface area contributed by atoms with Crippen LogP contribution in [0.5, 0.6) is 11.5 Å². The number of nitrogens with zero attached hydrogens (tertiary/aromatic N) is 1. The fraction of sp³-hybridized carbons (Fsp3) is 0.409. The van der Waals surface area contributed by atoms with E-state index in [2.05, 4.69) is 4.72 Å². The number of benzene rings is 2. The van der Waals surface area contributed by atoms with E-state index >= 15 is 0 Å². The average Bonchev–Trinajstić information content (AvgIpc) is 3.43. The predicted molar refractivity (Wildman–Crippen MR) is 112 cm³/mol. The molecular weight excluding hydrogens is 404 g/mol. The van der Waals surface area contributed by atoms with Gasteiger partial charge in [-0.15, -0.1) is 0 Å². The van der Waals surface area contributed by atoms with Gasteiger partial charge in [-0.1, -0.05) is 0 Å². The van der Waals surface area contributed by atoms with Crippen molar-refractivity contribution in [3.63, 3.8) is 0 Å². The minimum Gasteiger partial charge on any atom is -0.497 e. The summed E-state index contributed by atoms with van der Waals surface area (Å²) in [5.74, 6) is 1.30. The Morgan fingerprint density at radius 1 is 1.03 bits per heavy atom. The van der Waals surface area contributed by atoms with E-state index in [4.69, 9.17) is 9.47 Å². The second-order valence-corrected chi connectivity index (χ2v) is 9.40. The number of methoxy groups -OCH3 is 2. The van der Waals surface area contributed by atoms with Gasteiger partial charge in [0.15, 0.2) is 0 Å². The molecule has 1 heterocycles. The summed E-state index contributed by atoms with van der Waals surface area (Å²) in [7, 11) is -0.314. The van der Waals surface area contributed by atoms with Crippen LogP contribution in [0.25, 0.3) is 0 Å². The van der Waals surface area contributed by atoms with E-state index in [0.29, 0.717) is 23.6 Å². The van der Waals surface area contributed by atoms with Crippen molar-refractivity contribution in [3.8, 4) is 11.5 Å². The highest BCUT2D eigenvalue weighted by Crippen LogP contribution is 2.39. The van der Waals surface area contributed by atoms with Gasteiger partial charge < -0.3 is 14.4 Å². The van der Waals surface area contributed by atoms with E-state index in [9.17, 15) is 13.2 Å². The molecule has 7 nitrogen and oxygen atoms in total. The molecule has 4 rings (SSSR count). The van der Waals surface area contributed by atoms with Crippen LogP contribution in [0.1, 0.15) is 47.6 Å². The van der Waals surface area contributed by atoms with Crippen molar-refractivity contribution in [2.75, 3.05) is 20.8 Å². The van der Waals surface area contributed by atoms with Crippen LogP contribution in [0.3, 0.4) is 0 Å². The first-order chi connectivity index (χ1) is 14.4. The molecule has 2 aromatic rings. The van der Waals surface area contributed by atoms with Crippen LogP contribution in [0.2, 0.25) is 0 Å². The van der Waals surface area contributed by atoms with E-state index in [0.717, 1.165) is 31.2 Å². The highest BCUT2D eigenvalue weighted by atomic mass is 32.2. The number of carbonyl (C=O) groups is 1. The molecular formula is C22H26N2O5S. The number of likely N-dealkylation sites (tertiary alicyclic amines) is 1. The average molecular weight is 431 g/mol. The zero-order chi connectivity index (χ0) is 21.3. The third-order valence-electron chi connectivity index (χ3n) is 5.62. The van der Waals surface area contributed by atoms with E-state index in [1.165, 1.54) is 12.1 Å². The van der Waals surface area contributed by atoms with E-state index in [1.807, 2.05) is 23.1 Å². The van der Waals surface area contributed by atoms with Gasteiger partial charge in [-0.2, -0.15) is 0 Å². The Bertz CT molecular complexity index is 1030. The molecule has 1 aliphatic heterocycles. The maximum Gasteiger partial charge on any atom is 0.254 e. The Balaban J connectivity index is 1.57. The fourth-order valence-corrected chi connectivity index (χ4v) is 5.17. The largest absolute Gasteiger partial charge is 0.497 e. The van der Waals surface area contributed by atoms with Gasteiger partial charge in [-0.3, -0.25) is 4.79 Å². The summed E-state index contributed by atoms with van der Waals surface area (Å²) >= 11 is 0. The summed E-state index contributed by atoms with van der Waals surface area (Å²) in [4.78, 5) is 15.2. The topological polar surface area (TPSA) is 84.9 Å². The molecule has 0 radical (unpaired) electrons. The minimum absolute atomic E-state index is 0.0412. The Morgan fingerprint density at radius 3 is 2.40 bits per heavy atom. The highest BCUT2D eigenvalue weighted by Gasteiger charge is 2.33. The van der Waals surface area contributed by atoms with Gasteiger partial charge in [-0.25, -0.2) is 13.1 Å². The molecule has 1 saturated carbocycles. The summed E-state index contributed by atoms with van der Waals surface area (Å²) in [6.45, 7) is 0.632. The number of nitrogens with one attached hydrogen (secondary N) is 1. The Labute approximate surface area is 177 Å². The molecule has 2 aliphatic rings. The Hall–Kier alpha value is -2.58. The molecule has 0 spiro atoms. The molecule has 1 aliphatic carbocycles.